The summed E-state index contributed by atoms with van der Waals surface area (Å²) >= 11 is 3.00. The summed E-state index contributed by atoms with van der Waals surface area (Å²) < 4.78 is 1.59. The maximum atomic E-state index is 13.3. The summed E-state index contributed by atoms with van der Waals surface area (Å²) in [4.78, 5) is 38.4. The number of carbonyl (C=O) groups excluding carboxylic acids is 1. The maximum absolute atomic E-state index is 13.3. The van der Waals surface area contributed by atoms with Crippen molar-refractivity contribution in [3.63, 3.8) is 0 Å². The average molecular weight is 525 g/mol. The van der Waals surface area contributed by atoms with Crippen LogP contribution in [0.2, 0.25) is 0 Å². The Labute approximate surface area is 216 Å². The quantitative estimate of drug-likeness (QED) is 0.407. The van der Waals surface area contributed by atoms with E-state index in [0.29, 0.717) is 29.9 Å². The Morgan fingerprint density at radius 3 is 2.61 bits per heavy atom. The van der Waals surface area contributed by atoms with Gasteiger partial charge in [-0.1, -0.05) is 41.7 Å². The minimum atomic E-state index is -0.932. The molecule has 1 aromatic carbocycles. The number of benzene rings is 1. The van der Waals surface area contributed by atoms with Crippen molar-refractivity contribution < 1.29 is 14.7 Å². The fraction of sp³-hybridized carbons (Fsp3) is 0.360. The molecule has 4 heterocycles. The van der Waals surface area contributed by atoms with E-state index in [4.69, 9.17) is 10.8 Å². The second kappa shape index (κ2) is 9.64. The Kier molecular flexibility index (Phi) is 6.54. The van der Waals surface area contributed by atoms with Gasteiger partial charge < -0.3 is 20.6 Å². The van der Waals surface area contributed by atoms with E-state index in [9.17, 15) is 9.59 Å². The number of aromatic carboxylic acids is 1. The molecule has 1 aliphatic carbocycles. The Bertz CT molecular complexity index is 1410. The molecule has 3 aromatic heterocycles. The van der Waals surface area contributed by atoms with Crippen LogP contribution in [-0.2, 0) is 0 Å². The molecule has 0 bridgehead atoms. The number of fused-ring (bicyclic) bond motifs is 2. The Morgan fingerprint density at radius 1 is 1.19 bits per heavy atom. The Balaban J connectivity index is 0.000000186. The molecule has 0 spiro atoms. The van der Waals surface area contributed by atoms with Gasteiger partial charge in [-0.2, -0.15) is 0 Å². The predicted octanol–water partition coefficient (Wildman–Crippen LogP) is 3.84. The third-order valence-electron chi connectivity index (χ3n) is 6.59. The molecule has 6 rings (SSSR count). The molecule has 1 saturated carbocycles. The minimum absolute atomic E-state index is 0.0404. The fourth-order valence-electron chi connectivity index (χ4n) is 4.79. The van der Waals surface area contributed by atoms with Crippen LogP contribution >= 0.6 is 22.7 Å². The zero-order valence-corrected chi connectivity index (χ0v) is 21.9. The SMILES string of the molecule is CN(C)c1nc(C(=O)N2[C@H](CN)C[C@@H]3C[C@@H]32)c(-c2ccccc2)s1.Cc1nc2sccn2c1C(=O)O. The molecule has 3 atom stereocenters. The van der Waals surface area contributed by atoms with Gasteiger partial charge in [0.2, 0.25) is 0 Å². The van der Waals surface area contributed by atoms with E-state index in [0.717, 1.165) is 33.4 Å². The smallest absolute Gasteiger partial charge is 0.354 e. The molecule has 9 nitrogen and oxygen atoms in total. The molecule has 0 unspecified atom stereocenters. The van der Waals surface area contributed by atoms with E-state index in [1.807, 2.05) is 59.6 Å². The molecule has 1 saturated heterocycles. The van der Waals surface area contributed by atoms with Crippen LogP contribution in [0.5, 0.6) is 0 Å². The lowest BCUT2D eigenvalue weighted by Gasteiger charge is -2.26. The topological polar surface area (TPSA) is 117 Å². The summed E-state index contributed by atoms with van der Waals surface area (Å²) in [5, 5.41) is 11.5. The van der Waals surface area contributed by atoms with Crippen molar-refractivity contribution in [3.8, 4) is 10.4 Å². The largest absolute Gasteiger partial charge is 0.477 e. The van der Waals surface area contributed by atoms with Gasteiger partial charge in [-0.15, -0.1) is 11.3 Å². The van der Waals surface area contributed by atoms with Gasteiger partial charge in [-0.3, -0.25) is 9.20 Å². The normalized spacial score (nSPS) is 20.1. The Hall–Kier alpha value is -3.28. The lowest BCUT2D eigenvalue weighted by molar-refractivity contribution is 0.0683. The lowest BCUT2D eigenvalue weighted by Crippen LogP contribution is -2.42. The van der Waals surface area contributed by atoms with Gasteiger partial charge in [0.25, 0.3) is 5.91 Å². The molecule has 3 N–H and O–H groups in total. The van der Waals surface area contributed by atoms with E-state index in [1.165, 1.54) is 11.3 Å². The number of piperidine rings is 1. The minimum Gasteiger partial charge on any atom is -0.477 e. The van der Waals surface area contributed by atoms with Crippen molar-refractivity contribution >= 4 is 44.6 Å². The number of imidazole rings is 1. The van der Waals surface area contributed by atoms with Crippen LogP contribution < -0.4 is 10.6 Å². The number of carboxylic acids is 1. The third kappa shape index (κ3) is 4.38. The highest BCUT2D eigenvalue weighted by atomic mass is 32.1. The van der Waals surface area contributed by atoms with Crippen LogP contribution in [0.1, 0.15) is 39.5 Å². The molecular formula is C25H28N6O3S2. The number of carboxylic acid groups (broad SMARTS) is 1. The maximum Gasteiger partial charge on any atom is 0.354 e. The predicted molar refractivity (Wildman–Crippen MR) is 142 cm³/mol. The number of nitrogens with zero attached hydrogens (tertiary/aromatic N) is 5. The summed E-state index contributed by atoms with van der Waals surface area (Å²) in [6.07, 6.45) is 3.87. The van der Waals surface area contributed by atoms with E-state index in [1.54, 1.807) is 28.9 Å². The van der Waals surface area contributed by atoms with Gasteiger partial charge in [-0.25, -0.2) is 14.8 Å². The first-order valence-corrected chi connectivity index (χ1v) is 13.4. The van der Waals surface area contributed by atoms with Gasteiger partial charge in [0.1, 0.15) is 5.69 Å². The second-order valence-electron chi connectivity index (χ2n) is 9.24. The summed E-state index contributed by atoms with van der Waals surface area (Å²) in [6.45, 7) is 2.23. The van der Waals surface area contributed by atoms with Crippen molar-refractivity contribution in [2.24, 2.45) is 11.7 Å². The number of hydrogen-bond acceptors (Lipinski definition) is 8. The number of thiazole rings is 2. The monoisotopic (exact) mass is 524 g/mol. The summed E-state index contributed by atoms with van der Waals surface area (Å²) in [6, 6.07) is 10.6. The van der Waals surface area contributed by atoms with Crippen LogP contribution in [0.15, 0.2) is 41.9 Å². The van der Waals surface area contributed by atoms with Crippen LogP contribution in [0, 0.1) is 12.8 Å². The summed E-state index contributed by atoms with van der Waals surface area (Å²) in [5.41, 5.74) is 8.34. The third-order valence-corrected chi connectivity index (χ3v) is 8.62. The number of aryl methyl sites for hydroxylation is 1. The first kappa shape index (κ1) is 24.4. The molecule has 188 valence electrons. The summed E-state index contributed by atoms with van der Waals surface area (Å²) in [7, 11) is 3.91. The molecular weight excluding hydrogens is 496 g/mol. The van der Waals surface area contributed by atoms with Crippen molar-refractivity contribution in [1.82, 2.24) is 19.3 Å². The van der Waals surface area contributed by atoms with Crippen LogP contribution in [0.4, 0.5) is 5.13 Å². The van der Waals surface area contributed by atoms with Crippen molar-refractivity contribution in [3.05, 3.63) is 59.0 Å². The number of anilines is 1. The van der Waals surface area contributed by atoms with E-state index in [2.05, 4.69) is 9.97 Å². The van der Waals surface area contributed by atoms with E-state index in [-0.39, 0.29) is 17.6 Å². The number of carbonyl (C=O) groups is 2. The number of rotatable bonds is 5. The Morgan fingerprint density at radius 2 is 1.94 bits per heavy atom. The second-order valence-corrected chi connectivity index (χ2v) is 11.1. The standard InChI is InChI=1S/C18H22N4OS.C7H6N2O2S/c1-21(2)18-20-15(16(24-18)11-6-4-3-5-7-11)17(23)22-13(10-19)8-12-9-14(12)22;1-4-5(6(10)11)9-2-3-12-7(9)8-4/h3-7,12-14H,8-10,19H2,1-2H3;2-3H,1H3,(H,10,11)/t12-,13+,14+;/m1./s1. The zero-order chi connectivity index (χ0) is 25.6. The molecule has 1 amide bonds. The van der Waals surface area contributed by atoms with Crippen molar-refractivity contribution in [1.29, 1.82) is 0 Å². The average Bonchev–Trinajstić information content (AvgIpc) is 3.26. The van der Waals surface area contributed by atoms with Gasteiger partial charge in [-0.05, 0) is 31.2 Å². The van der Waals surface area contributed by atoms with Gasteiger partial charge >= 0.3 is 5.97 Å². The number of nitrogens with two attached hydrogens (primary N) is 1. The molecule has 36 heavy (non-hydrogen) atoms. The molecule has 2 fully saturated rings. The number of hydrogen-bond donors (Lipinski definition) is 2. The molecule has 4 aromatic rings. The number of aromatic nitrogens is 3. The fourth-order valence-corrected chi connectivity index (χ4v) is 6.54. The van der Waals surface area contributed by atoms with Gasteiger partial charge in [0.05, 0.1) is 10.6 Å². The van der Waals surface area contributed by atoms with Crippen LogP contribution in [-0.4, -0.2) is 69.0 Å². The number of likely N-dealkylation sites (tertiary alicyclic amines) is 1. The highest BCUT2D eigenvalue weighted by Gasteiger charge is 2.54. The molecule has 0 radical (unpaired) electrons. The van der Waals surface area contributed by atoms with Gasteiger partial charge in [0, 0.05) is 44.3 Å². The van der Waals surface area contributed by atoms with Crippen molar-refractivity contribution in [2.45, 2.75) is 31.8 Å². The highest BCUT2D eigenvalue weighted by Crippen LogP contribution is 2.49. The van der Waals surface area contributed by atoms with Crippen LogP contribution in [0.25, 0.3) is 15.4 Å². The molecule has 2 aliphatic rings. The highest BCUT2D eigenvalue weighted by molar-refractivity contribution is 7.19. The molecule has 1 aliphatic heterocycles. The number of amides is 1. The summed E-state index contributed by atoms with van der Waals surface area (Å²) in [5.74, 6) is -0.244. The van der Waals surface area contributed by atoms with E-state index < -0.39 is 5.97 Å². The van der Waals surface area contributed by atoms with E-state index >= 15 is 0 Å². The first-order valence-electron chi connectivity index (χ1n) is 11.7. The van der Waals surface area contributed by atoms with Crippen molar-refractivity contribution in [2.75, 3.05) is 25.5 Å². The van der Waals surface area contributed by atoms with Gasteiger partial charge in [0.15, 0.2) is 15.8 Å². The molecule has 11 heteroatoms. The van der Waals surface area contributed by atoms with Crippen LogP contribution in [0.3, 0.4) is 0 Å². The lowest BCUT2D eigenvalue weighted by atomic mass is 10.1. The zero-order valence-electron chi connectivity index (χ0n) is 20.3. The first-order chi connectivity index (χ1) is 17.3.